The number of aromatic nitrogens is 3. The van der Waals surface area contributed by atoms with Crippen molar-refractivity contribution in [1.29, 1.82) is 0 Å². The number of halogens is 1. The number of hydrogen-bond acceptors (Lipinski definition) is 3. The van der Waals surface area contributed by atoms with Crippen molar-refractivity contribution < 1.29 is 4.74 Å². The van der Waals surface area contributed by atoms with Crippen molar-refractivity contribution in [3.8, 4) is 0 Å². The molecule has 0 saturated heterocycles. The van der Waals surface area contributed by atoms with Crippen molar-refractivity contribution in [2.75, 3.05) is 6.61 Å². The fourth-order valence-electron chi connectivity index (χ4n) is 2.05. The average molecular weight is 268 g/mol. The monoisotopic (exact) mass is 267 g/mol. The second-order valence-corrected chi connectivity index (χ2v) is 4.96. The zero-order valence-corrected chi connectivity index (χ0v) is 11.7. The Morgan fingerprint density at radius 2 is 2.22 bits per heavy atom. The van der Waals surface area contributed by atoms with Gasteiger partial charge in [0.1, 0.15) is 11.3 Å². The van der Waals surface area contributed by atoms with Crippen LogP contribution in [0.15, 0.2) is 18.3 Å². The smallest absolute Gasteiger partial charge is 0.160 e. The third kappa shape index (κ3) is 2.65. The summed E-state index contributed by atoms with van der Waals surface area (Å²) in [6.07, 6.45) is 1.89. The molecule has 0 aromatic carbocycles. The largest absolute Gasteiger partial charge is 0.377 e. The summed E-state index contributed by atoms with van der Waals surface area (Å²) in [5.41, 5.74) is 1.75. The van der Waals surface area contributed by atoms with Crippen LogP contribution >= 0.6 is 11.6 Å². The van der Waals surface area contributed by atoms with Crippen molar-refractivity contribution in [1.82, 2.24) is 14.5 Å². The molecule has 4 nitrogen and oxygen atoms in total. The summed E-state index contributed by atoms with van der Waals surface area (Å²) in [4.78, 5) is 8.92. The number of ether oxygens (including phenoxy) is 1. The zero-order chi connectivity index (χ0) is 13.1. The van der Waals surface area contributed by atoms with E-state index in [4.69, 9.17) is 16.3 Å². The third-order valence-electron chi connectivity index (χ3n) is 2.78. The van der Waals surface area contributed by atoms with Crippen LogP contribution in [0.3, 0.4) is 0 Å². The predicted octanol–water partition coefficient (Wildman–Crippen LogP) is 3.16. The van der Waals surface area contributed by atoms with Gasteiger partial charge in [0.25, 0.3) is 0 Å². The summed E-state index contributed by atoms with van der Waals surface area (Å²) in [7, 11) is 0. The van der Waals surface area contributed by atoms with Crippen LogP contribution in [0.25, 0.3) is 11.2 Å². The van der Waals surface area contributed by atoms with E-state index in [0.29, 0.717) is 13.2 Å². The van der Waals surface area contributed by atoms with E-state index in [1.54, 1.807) is 6.20 Å². The summed E-state index contributed by atoms with van der Waals surface area (Å²) in [6.45, 7) is 7.37. The average Bonchev–Trinajstić information content (AvgIpc) is 2.69. The summed E-state index contributed by atoms with van der Waals surface area (Å²) in [5, 5.41) is -0.145. The molecule has 2 unspecified atom stereocenters. The van der Waals surface area contributed by atoms with Crippen molar-refractivity contribution >= 4 is 22.8 Å². The Balaban J connectivity index is 2.42. The van der Waals surface area contributed by atoms with Gasteiger partial charge < -0.3 is 9.30 Å². The van der Waals surface area contributed by atoms with E-state index in [1.165, 1.54) is 0 Å². The Labute approximate surface area is 112 Å². The lowest BCUT2D eigenvalue weighted by molar-refractivity contribution is 0.0641. The summed E-state index contributed by atoms with van der Waals surface area (Å²) in [6, 6.07) is 3.83. The van der Waals surface area contributed by atoms with E-state index in [0.717, 1.165) is 17.0 Å². The normalized spacial score (nSPS) is 14.9. The minimum absolute atomic E-state index is 0.114. The molecule has 98 valence electrons. The first-order valence-electron chi connectivity index (χ1n) is 6.20. The highest BCUT2D eigenvalue weighted by Gasteiger charge is 2.17. The molecule has 0 N–H and O–H groups in total. The molecule has 0 saturated carbocycles. The van der Waals surface area contributed by atoms with E-state index < -0.39 is 0 Å². The highest BCUT2D eigenvalue weighted by molar-refractivity contribution is 6.20. The number of rotatable bonds is 5. The van der Waals surface area contributed by atoms with Crippen LogP contribution in [-0.4, -0.2) is 27.2 Å². The van der Waals surface area contributed by atoms with Crippen LogP contribution in [-0.2, 0) is 11.3 Å². The lowest BCUT2D eigenvalue weighted by Crippen LogP contribution is -2.18. The van der Waals surface area contributed by atoms with Gasteiger partial charge in [0.2, 0.25) is 0 Å². The van der Waals surface area contributed by atoms with Gasteiger partial charge in [-0.25, -0.2) is 9.97 Å². The molecule has 5 heteroatoms. The van der Waals surface area contributed by atoms with Crippen LogP contribution in [0.1, 0.15) is 32.0 Å². The van der Waals surface area contributed by atoms with Gasteiger partial charge in [-0.3, -0.25) is 0 Å². The molecule has 2 rings (SSSR count). The first-order valence-corrected chi connectivity index (χ1v) is 6.64. The Morgan fingerprint density at radius 3 is 2.89 bits per heavy atom. The Morgan fingerprint density at radius 1 is 1.44 bits per heavy atom. The minimum atomic E-state index is -0.145. The number of hydrogen-bond donors (Lipinski definition) is 0. The fourth-order valence-corrected chi connectivity index (χ4v) is 2.22. The molecule has 0 spiro atoms. The van der Waals surface area contributed by atoms with E-state index in [9.17, 15) is 0 Å². The quantitative estimate of drug-likeness (QED) is 0.782. The topological polar surface area (TPSA) is 39.9 Å². The van der Waals surface area contributed by atoms with Gasteiger partial charge in [-0.1, -0.05) is 0 Å². The van der Waals surface area contributed by atoms with E-state index in [2.05, 4.69) is 9.97 Å². The molecule has 18 heavy (non-hydrogen) atoms. The SMILES string of the molecule is CCOC(C)Cn1c(C(C)Cl)nc2cccnc21. The Bertz CT molecular complexity index is 524. The van der Waals surface area contributed by atoms with Crippen LogP contribution < -0.4 is 0 Å². The summed E-state index contributed by atoms with van der Waals surface area (Å²) >= 11 is 6.19. The van der Waals surface area contributed by atoms with E-state index in [1.807, 2.05) is 37.5 Å². The number of alkyl halides is 1. The van der Waals surface area contributed by atoms with Gasteiger partial charge in [0, 0.05) is 12.8 Å². The second-order valence-electron chi connectivity index (χ2n) is 4.31. The lowest BCUT2D eigenvalue weighted by atomic mass is 10.3. The summed E-state index contributed by atoms with van der Waals surface area (Å²) < 4.78 is 7.63. The molecular weight excluding hydrogens is 250 g/mol. The van der Waals surface area contributed by atoms with Crippen molar-refractivity contribution in [2.45, 2.75) is 38.8 Å². The van der Waals surface area contributed by atoms with E-state index >= 15 is 0 Å². The zero-order valence-electron chi connectivity index (χ0n) is 10.9. The van der Waals surface area contributed by atoms with Crippen LogP contribution in [0.5, 0.6) is 0 Å². The molecule has 0 amide bonds. The van der Waals surface area contributed by atoms with Gasteiger partial charge >= 0.3 is 0 Å². The third-order valence-corrected chi connectivity index (χ3v) is 2.98. The lowest BCUT2D eigenvalue weighted by Gasteiger charge is -2.15. The molecule has 2 aromatic heterocycles. The molecular formula is C13H18ClN3O. The minimum Gasteiger partial charge on any atom is -0.377 e. The van der Waals surface area contributed by atoms with Crippen molar-refractivity contribution in [3.05, 3.63) is 24.2 Å². The standard InChI is InChI=1S/C13H18ClN3O/c1-4-18-9(2)8-17-12(10(3)14)16-11-6-5-7-15-13(11)17/h5-7,9-10H,4,8H2,1-3H3. The fraction of sp³-hybridized carbons (Fsp3) is 0.538. The molecule has 0 bridgehead atoms. The summed E-state index contributed by atoms with van der Waals surface area (Å²) in [5.74, 6) is 0.844. The maximum Gasteiger partial charge on any atom is 0.160 e. The van der Waals surface area contributed by atoms with Crippen LogP contribution in [0, 0.1) is 0 Å². The van der Waals surface area contributed by atoms with Crippen LogP contribution in [0.4, 0.5) is 0 Å². The molecule has 2 atom stereocenters. The van der Waals surface area contributed by atoms with Gasteiger partial charge in [-0.2, -0.15) is 0 Å². The highest BCUT2D eigenvalue weighted by atomic mass is 35.5. The van der Waals surface area contributed by atoms with E-state index in [-0.39, 0.29) is 11.5 Å². The molecule has 0 fully saturated rings. The highest BCUT2D eigenvalue weighted by Crippen LogP contribution is 2.23. The molecule has 0 aliphatic rings. The number of pyridine rings is 1. The Kier molecular flexibility index (Phi) is 4.19. The predicted molar refractivity (Wildman–Crippen MR) is 72.9 cm³/mol. The van der Waals surface area contributed by atoms with Crippen molar-refractivity contribution in [3.63, 3.8) is 0 Å². The number of imidazole rings is 1. The molecule has 0 aliphatic heterocycles. The molecule has 2 aromatic rings. The van der Waals surface area contributed by atoms with Gasteiger partial charge in [0.05, 0.1) is 18.0 Å². The second kappa shape index (κ2) is 5.67. The molecule has 0 aliphatic carbocycles. The first-order chi connectivity index (χ1) is 8.63. The van der Waals surface area contributed by atoms with Crippen molar-refractivity contribution in [2.24, 2.45) is 0 Å². The first kappa shape index (κ1) is 13.3. The van der Waals surface area contributed by atoms with Crippen LogP contribution in [0.2, 0.25) is 0 Å². The van der Waals surface area contributed by atoms with Gasteiger partial charge in [-0.05, 0) is 32.9 Å². The maximum atomic E-state index is 6.19. The van der Waals surface area contributed by atoms with Gasteiger partial charge in [-0.15, -0.1) is 11.6 Å². The Hall–Kier alpha value is -1.13. The maximum absolute atomic E-state index is 6.19. The molecule has 0 radical (unpaired) electrons. The number of nitrogens with zero attached hydrogens (tertiary/aromatic N) is 3. The molecule has 2 heterocycles. The number of fused-ring (bicyclic) bond motifs is 1. The van der Waals surface area contributed by atoms with Gasteiger partial charge in [0.15, 0.2) is 5.65 Å².